The van der Waals surface area contributed by atoms with E-state index in [4.69, 9.17) is 4.74 Å². The molecule has 0 spiro atoms. The summed E-state index contributed by atoms with van der Waals surface area (Å²) >= 11 is 0. The minimum absolute atomic E-state index is 0.162. The Bertz CT molecular complexity index is 363. The van der Waals surface area contributed by atoms with Crippen LogP contribution in [-0.4, -0.2) is 42.3 Å². The van der Waals surface area contributed by atoms with Gasteiger partial charge in [-0.1, -0.05) is 13.8 Å². The molecule has 1 saturated carbocycles. The molecule has 4 nitrogen and oxygen atoms in total. The van der Waals surface area contributed by atoms with Gasteiger partial charge in [-0.25, -0.2) is 4.79 Å². The fourth-order valence-electron chi connectivity index (χ4n) is 3.41. The molecule has 4 heteroatoms. The molecular formula is C17H32N2O2. The van der Waals surface area contributed by atoms with Crippen LogP contribution in [0.15, 0.2) is 0 Å². The molecule has 1 aliphatic heterocycles. The highest BCUT2D eigenvalue weighted by Gasteiger charge is 2.35. The molecule has 0 radical (unpaired) electrons. The van der Waals surface area contributed by atoms with Gasteiger partial charge in [-0.05, 0) is 57.8 Å². The molecule has 122 valence electrons. The molecule has 1 atom stereocenters. The van der Waals surface area contributed by atoms with E-state index in [1.807, 2.05) is 25.7 Å². The monoisotopic (exact) mass is 296 g/mol. The Labute approximate surface area is 129 Å². The fraction of sp³-hybridized carbons (Fsp3) is 0.941. The third-order valence-corrected chi connectivity index (χ3v) is 4.81. The molecule has 1 heterocycles. The lowest BCUT2D eigenvalue weighted by molar-refractivity contribution is 0.0149. The number of amides is 1. The number of nitrogens with one attached hydrogen (secondary N) is 1. The maximum Gasteiger partial charge on any atom is 0.410 e. The number of carbonyl (C=O) groups excluding carboxylic acids is 1. The second kappa shape index (κ2) is 6.15. The highest BCUT2D eigenvalue weighted by molar-refractivity contribution is 5.68. The van der Waals surface area contributed by atoms with E-state index in [9.17, 15) is 4.79 Å². The molecule has 2 rings (SSSR count). The summed E-state index contributed by atoms with van der Waals surface area (Å²) < 4.78 is 5.51. The van der Waals surface area contributed by atoms with E-state index >= 15 is 0 Å². The average Bonchev–Trinajstić information content (AvgIpc) is 2.37. The Hall–Kier alpha value is -0.770. The van der Waals surface area contributed by atoms with Crippen molar-refractivity contribution in [1.29, 1.82) is 0 Å². The second-order valence-electron chi connectivity index (χ2n) is 8.49. The summed E-state index contributed by atoms with van der Waals surface area (Å²) in [4.78, 5) is 14.1. The van der Waals surface area contributed by atoms with E-state index in [1.54, 1.807) is 0 Å². The summed E-state index contributed by atoms with van der Waals surface area (Å²) in [5, 5.41) is 3.61. The van der Waals surface area contributed by atoms with Gasteiger partial charge in [-0.3, -0.25) is 0 Å². The number of rotatable bonds is 1. The van der Waals surface area contributed by atoms with E-state index in [2.05, 4.69) is 19.2 Å². The molecule has 0 aromatic rings. The van der Waals surface area contributed by atoms with Gasteiger partial charge in [0.2, 0.25) is 0 Å². The van der Waals surface area contributed by atoms with Gasteiger partial charge in [0.15, 0.2) is 0 Å². The first-order valence-corrected chi connectivity index (χ1v) is 8.38. The first-order valence-electron chi connectivity index (χ1n) is 8.38. The molecule has 0 aromatic heterocycles. The maximum absolute atomic E-state index is 12.2. The minimum Gasteiger partial charge on any atom is -0.444 e. The maximum atomic E-state index is 12.2. The van der Waals surface area contributed by atoms with Crippen molar-refractivity contribution in [2.75, 3.05) is 19.6 Å². The predicted octanol–water partition coefficient (Wildman–Crippen LogP) is 3.41. The molecular weight excluding hydrogens is 264 g/mol. The standard InChI is InChI=1S/C17H32N2O2/c1-16(2,3)21-15(20)19-11-10-18-14(12-19)13-6-8-17(4,5)9-7-13/h13-14,18H,6-12H2,1-5H3. The summed E-state index contributed by atoms with van der Waals surface area (Å²) in [5.41, 5.74) is 0.0857. The Balaban J connectivity index is 1.88. The van der Waals surface area contributed by atoms with Gasteiger partial charge in [0.25, 0.3) is 0 Å². The lowest BCUT2D eigenvalue weighted by Gasteiger charge is -2.42. The van der Waals surface area contributed by atoms with Crippen LogP contribution in [0.5, 0.6) is 0 Å². The average molecular weight is 296 g/mol. The Kier molecular flexibility index (Phi) is 4.86. The van der Waals surface area contributed by atoms with Crippen LogP contribution in [0.1, 0.15) is 60.3 Å². The van der Waals surface area contributed by atoms with Crippen LogP contribution < -0.4 is 5.32 Å². The lowest BCUT2D eigenvalue weighted by Crippen LogP contribution is -2.56. The van der Waals surface area contributed by atoms with Crippen molar-refractivity contribution in [2.24, 2.45) is 11.3 Å². The number of hydrogen-bond acceptors (Lipinski definition) is 3. The van der Waals surface area contributed by atoms with Crippen LogP contribution in [-0.2, 0) is 4.74 Å². The van der Waals surface area contributed by atoms with Crippen molar-refractivity contribution in [1.82, 2.24) is 10.2 Å². The Morgan fingerprint density at radius 3 is 2.43 bits per heavy atom. The number of piperazine rings is 1. The first kappa shape index (κ1) is 16.6. The van der Waals surface area contributed by atoms with E-state index in [0.717, 1.165) is 19.6 Å². The summed E-state index contributed by atoms with van der Waals surface area (Å²) in [7, 11) is 0. The van der Waals surface area contributed by atoms with E-state index in [1.165, 1.54) is 25.7 Å². The predicted molar refractivity (Wildman–Crippen MR) is 85.3 cm³/mol. The number of ether oxygens (including phenoxy) is 1. The highest BCUT2D eigenvalue weighted by Crippen LogP contribution is 2.39. The fourth-order valence-corrected chi connectivity index (χ4v) is 3.41. The number of nitrogens with zero attached hydrogens (tertiary/aromatic N) is 1. The highest BCUT2D eigenvalue weighted by atomic mass is 16.6. The van der Waals surface area contributed by atoms with Crippen molar-refractivity contribution < 1.29 is 9.53 Å². The zero-order chi connectivity index (χ0) is 15.7. The van der Waals surface area contributed by atoms with Gasteiger partial charge in [0, 0.05) is 25.7 Å². The van der Waals surface area contributed by atoms with Crippen LogP contribution in [0.4, 0.5) is 4.79 Å². The van der Waals surface area contributed by atoms with Crippen molar-refractivity contribution in [3.63, 3.8) is 0 Å². The van der Waals surface area contributed by atoms with Crippen molar-refractivity contribution in [3.05, 3.63) is 0 Å². The third kappa shape index (κ3) is 4.87. The first-order chi connectivity index (χ1) is 9.66. The van der Waals surface area contributed by atoms with Gasteiger partial charge in [0.1, 0.15) is 5.60 Å². The minimum atomic E-state index is -0.410. The van der Waals surface area contributed by atoms with Crippen molar-refractivity contribution in [2.45, 2.75) is 71.9 Å². The molecule has 1 unspecified atom stereocenters. The molecule has 1 aliphatic carbocycles. The SMILES string of the molecule is CC1(C)CCC(C2CN(C(=O)OC(C)(C)C)CCN2)CC1. The Morgan fingerprint density at radius 1 is 1.24 bits per heavy atom. The molecule has 21 heavy (non-hydrogen) atoms. The van der Waals surface area contributed by atoms with Gasteiger partial charge < -0.3 is 15.0 Å². The summed E-state index contributed by atoms with van der Waals surface area (Å²) in [6, 6.07) is 0.433. The van der Waals surface area contributed by atoms with Gasteiger partial charge in [-0.15, -0.1) is 0 Å². The van der Waals surface area contributed by atoms with E-state index < -0.39 is 5.60 Å². The van der Waals surface area contributed by atoms with E-state index in [0.29, 0.717) is 17.4 Å². The summed E-state index contributed by atoms with van der Waals surface area (Å²) in [5.74, 6) is 0.697. The van der Waals surface area contributed by atoms with Crippen LogP contribution >= 0.6 is 0 Å². The quantitative estimate of drug-likeness (QED) is 0.806. The van der Waals surface area contributed by atoms with Crippen molar-refractivity contribution in [3.8, 4) is 0 Å². The second-order valence-corrected chi connectivity index (χ2v) is 8.49. The molecule has 0 aromatic carbocycles. The lowest BCUT2D eigenvalue weighted by atomic mass is 9.71. The molecule has 2 aliphatic rings. The molecule has 0 bridgehead atoms. The molecule has 1 amide bonds. The Morgan fingerprint density at radius 2 is 1.86 bits per heavy atom. The number of hydrogen-bond donors (Lipinski definition) is 1. The summed E-state index contributed by atoms with van der Waals surface area (Å²) in [6.45, 7) is 12.9. The normalized spacial score (nSPS) is 27.5. The third-order valence-electron chi connectivity index (χ3n) is 4.81. The van der Waals surface area contributed by atoms with E-state index in [-0.39, 0.29) is 6.09 Å². The molecule has 1 saturated heterocycles. The zero-order valence-corrected chi connectivity index (χ0v) is 14.4. The summed E-state index contributed by atoms with van der Waals surface area (Å²) in [6.07, 6.45) is 4.97. The van der Waals surface area contributed by atoms with Crippen LogP contribution in [0, 0.1) is 11.3 Å². The molecule has 2 fully saturated rings. The van der Waals surface area contributed by atoms with Crippen LogP contribution in [0.25, 0.3) is 0 Å². The zero-order valence-electron chi connectivity index (χ0n) is 14.4. The molecule has 1 N–H and O–H groups in total. The number of carbonyl (C=O) groups is 1. The van der Waals surface area contributed by atoms with Gasteiger partial charge >= 0.3 is 6.09 Å². The van der Waals surface area contributed by atoms with Gasteiger partial charge in [-0.2, -0.15) is 0 Å². The van der Waals surface area contributed by atoms with Crippen LogP contribution in [0.2, 0.25) is 0 Å². The topological polar surface area (TPSA) is 41.6 Å². The largest absolute Gasteiger partial charge is 0.444 e. The van der Waals surface area contributed by atoms with Crippen molar-refractivity contribution >= 4 is 6.09 Å². The smallest absolute Gasteiger partial charge is 0.410 e. The van der Waals surface area contributed by atoms with Gasteiger partial charge in [0.05, 0.1) is 0 Å². The van der Waals surface area contributed by atoms with Crippen LogP contribution in [0.3, 0.4) is 0 Å².